The molecular formula is C13H20N4O2. The fourth-order valence-corrected chi connectivity index (χ4v) is 1.49. The molecule has 1 aromatic heterocycles. The minimum Gasteiger partial charge on any atom is -0.337 e. The molecular weight excluding hydrogens is 244 g/mol. The average molecular weight is 264 g/mol. The van der Waals surface area contributed by atoms with E-state index in [9.17, 15) is 9.59 Å². The number of nitrogens with one attached hydrogen (secondary N) is 3. The van der Waals surface area contributed by atoms with Gasteiger partial charge in [-0.15, -0.1) is 0 Å². The van der Waals surface area contributed by atoms with Gasteiger partial charge in [0.15, 0.2) is 0 Å². The smallest absolute Gasteiger partial charge is 0.333 e. The summed E-state index contributed by atoms with van der Waals surface area (Å²) in [6.45, 7) is 2.74. The van der Waals surface area contributed by atoms with Crippen LogP contribution in [0, 0.1) is 0 Å². The number of carbonyl (C=O) groups is 2. The third kappa shape index (κ3) is 6.40. The molecule has 19 heavy (non-hydrogen) atoms. The Bertz CT molecular complexity index is 395. The highest BCUT2D eigenvalue weighted by atomic mass is 16.2. The fraction of sp³-hybridized carbons (Fsp3) is 0.462. The van der Waals surface area contributed by atoms with Gasteiger partial charge in [-0.2, -0.15) is 0 Å². The number of urea groups is 1. The predicted molar refractivity (Wildman–Crippen MR) is 72.4 cm³/mol. The van der Waals surface area contributed by atoms with E-state index in [1.165, 1.54) is 18.8 Å². The highest BCUT2D eigenvalue weighted by Gasteiger charge is 2.05. The molecule has 3 N–H and O–H groups in total. The number of hydrazine groups is 1. The van der Waals surface area contributed by atoms with Crippen molar-refractivity contribution in [2.45, 2.75) is 32.6 Å². The van der Waals surface area contributed by atoms with Gasteiger partial charge >= 0.3 is 6.03 Å². The standard InChI is InChI=1S/C13H20N4O2/c1-2-3-4-5-8-15-13(19)17-16-12(18)11-6-9-14-10-7-11/h6-7,9-10H,2-5,8H2,1H3,(H,16,18)(H2,15,17,19). The molecule has 0 aromatic carbocycles. The Balaban J connectivity index is 2.15. The minimum absolute atomic E-state index is 0.372. The van der Waals surface area contributed by atoms with Crippen molar-refractivity contribution in [2.75, 3.05) is 6.54 Å². The van der Waals surface area contributed by atoms with Crippen LogP contribution in [0.5, 0.6) is 0 Å². The first-order valence-electron chi connectivity index (χ1n) is 6.48. The largest absolute Gasteiger partial charge is 0.337 e. The second kappa shape index (κ2) is 8.91. The second-order valence-corrected chi connectivity index (χ2v) is 4.13. The summed E-state index contributed by atoms with van der Waals surface area (Å²) < 4.78 is 0. The van der Waals surface area contributed by atoms with E-state index in [0.717, 1.165) is 19.3 Å². The van der Waals surface area contributed by atoms with Crippen LogP contribution in [0.1, 0.15) is 43.0 Å². The topological polar surface area (TPSA) is 83.1 Å². The lowest BCUT2D eigenvalue weighted by Gasteiger charge is -2.08. The maximum absolute atomic E-state index is 11.6. The molecule has 1 heterocycles. The van der Waals surface area contributed by atoms with Crippen molar-refractivity contribution >= 4 is 11.9 Å². The van der Waals surface area contributed by atoms with Crippen LogP contribution in [-0.2, 0) is 0 Å². The first-order valence-corrected chi connectivity index (χ1v) is 6.48. The van der Waals surface area contributed by atoms with E-state index in [2.05, 4.69) is 28.1 Å². The Morgan fingerprint density at radius 3 is 2.53 bits per heavy atom. The average Bonchev–Trinajstić information content (AvgIpc) is 2.45. The van der Waals surface area contributed by atoms with Crippen LogP contribution in [0.4, 0.5) is 4.79 Å². The summed E-state index contributed by atoms with van der Waals surface area (Å²) >= 11 is 0. The molecule has 0 aliphatic heterocycles. The Morgan fingerprint density at radius 2 is 1.84 bits per heavy atom. The maximum Gasteiger partial charge on any atom is 0.333 e. The van der Waals surface area contributed by atoms with E-state index in [4.69, 9.17) is 0 Å². The fourth-order valence-electron chi connectivity index (χ4n) is 1.49. The summed E-state index contributed by atoms with van der Waals surface area (Å²) in [6, 6.07) is 2.73. The first kappa shape index (κ1) is 14.9. The molecule has 6 heteroatoms. The van der Waals surface area contributed by atoms with Gasteiger partial charge in [0.1, 0.15) is 0 Å². The van der Waals surface area contributed by atoms with Crippen molar-refractivity contribution in [1.82, 2.24) is 21.2 Å². The summed E-state index contributed by atoms with van der Waals surface area (Å²) in [7, 11) is 0. The molecule has 0 bridgehead atoms. The van der Waals surface area contributed by atoms with Crippen LogP contribution in [-0.4, -0.2) is 23.5 Å². The zero-order chi connectivity index (χ0) is 13.9. The Labute approximate surface area is 113 Å². The molecule has 6 nitrogen and oxygen atoms in total. The highest BCUT2D eigenvalue weighted by molar-refractivity contribution is 5.95. The Hall–Kier alpha value is -2.11. The minimum atomic E-state index is -0.404. The number of unbranched alkanes of at least 4 members (excludes halogenated alkanes) is 3. The molecule has 0 unspecified atom stereocenters. The number of rotatable bonds is 6. The molecule has 0 fully saturated rings. The van der Waals surface area contributed by atoms with E-state index < -0.39 is 6.03 Å². The predicted octanol–water partition coefficient (Wildman–Crippen LogP) is 1.61. The van der Waals surface area contributed by atoms with Crippen molar-refractivity contribution in [2.24, 2.45) is 0 Å². The van der Waals surface area contributed by atoms with Gasteiger partial charge in [0, 0.05) is 24.5 Å². The summed E-state index contributed by atoms with van der Waals surface area (Å²) in [5.74, 6) is -0.372. The van der Waals surface area contributed by atoms with Crippen LogP contribution < -0.4 is 16.2 Å². The van der Waals surface area contributed by atoms with Crippen molar-refractivity contribution in [3.05, 3.63) is 30.1 Å². The molecule has 0 atom stereocenters. The SMILES string of the molecule is CCCCCCNC(=O)NNC(=O)c1ccncc1. The van der Waals surface area contributed by atoms with Crippen molar-refractivity contribution < 1.29 is 9.59 Å². The van der Waals surface area contributed by atoms with Crippen LogP contribution in [0.2, 0.25) is 0 Å². The van der Waals surface area contributed by atoms with Crippen molar-refractivity contribution in [1.29, 1.82) is 0 Å². The number of amides is 3. The molecule has 0 spiro atoms. The van der Waals surface area contributed by atoms with Gasteiger partial charge in [0.2, 0.25) is 0 Å². The van der Waals surface area contributed by atoms with Crippen LogP contribution in [0.3, 0.4) is 0 Å². The summed E-state index contributed by atoms with van der Waals surface area (Å²) in [5, 5.41) is 2.67. The summed E-state index contributed by atoms with van der Waals surface area (Å²) in [4.78, 5) is 26.8. The molecule has 1 rings (SSSR count). The molecule has 3 amide bonds. The van der Waals surface area contributed by atoms with E-state index in [0.29, 0.717) is 12.1 Å². The van der Waals surface area contributed by atoms with Gasteiger partial charge in [-0.1, -0.05) is 26.2 Å². The molecule has 0 aliphatic carbocycles. The van der Waals surface area contributed by atoms with E-state index in [-0.39, 0.29) is 5.91 Å². The molecule has 0 aliphatic rings. The lowest BCUT2D eigenvalue weighted by molar-refractivity contribution is 0.0936. The first-order chi connectivity index (χ1) is 9.24. The van der Waals surface area contributed by atoms with Gasteiger partial charge in [-0.25, -0.2) is 10.2 Å². The molecule has 0 radical (unpaired) electrons. The normalized spacial score (nSPS) is 9.74. The lowest BCUT2D eigenvalue weighted by Crippen LogP contribution is -2.47. The van der Waals surface area contributed by atoms with Crippen LogP contribution >= 0.6 is 0 Å². The summed E-state index contributed by atoms with van der Waals surface area (Å²) in [5.41, 5.74) is 5.07. The third-order valence-corrected chi connectivity index (χ3v) is 2.55. The lowest BCUT2D eigenvalue weighted by atomic mass is 10.2. The van der Waals surface area contributed by atoms with Crippen LogP contribution in [0.15, 0.2) is 24.5 Å². The van der Waals surface area contributed by atoms with E-state index in [1.54, 1.807) is 12.1 Å². The maximum atomic E-state index is 11.6. The van der Waals surface area contributed by atoms with Gasteiger partial charge in [0.25, 0.3) is 5.91 Å². The molecule has 104 valence electrons. The molecule has 0 saturated carbocycles. The third-order valence-electron chi connectivity index (χ3n) is 2.55. The Morgan fingerprint density at radius 1 is 1.11 bits per heavy atom. The number of hydrogen-bond donors (Lipinski definition) is 3. The van der Waals surface area contributed by atoms with E-state index >= 15 is 0 Å². The zero-order valence-electron chi connectivity index (χ0n) is 11.1. The number of pyridine rings is 1. The zero-order valence-corrected chi connectivity index (χ0v) is 11.1. The molecule has 1 aromatic rings. The quantitative estimate of drug-likeness (QED) is 0.539. The van der Waals surface area contributed by atoms with Gasteiger partial charge in [-0.05, 0) is 18.6 Å². The van der Waals surface area contributed by atoms with Crippen molar-refractivity contribution in [3.8, 4) is 0 Å². The van der Waals surface area contributed by atoms with Gasteiger partial charge in [0.05, 0.1) is 0 Å². The number of aromatic nitrogens is 1. The number of hydrogen-bond acceptors (Lipinski definition) is 3. The number of nitrogens with zero attached hydrogens (tertiary/aromatic N) is 1. The Kier molecular flexibility index (Phi) is 7.01. The van der Waals surface area contributed by atoms with E-state index in [1.807, 2.05) is 0 Å². The second-order valence-electron chi connectivity index (χ2n) is 4.13. The number of carbonyl (C=O) groups excluding carboxylic acids is 2. The van der Waals surface area contributed by atoms with Crippen LogP contribution in [0.25, 0.3) is 0 Å². The molecule has 0 saturated heterocycles. The van der Waals surface area contributed by atoms with Crippen molar-refractivity contribution in [3.63, 3.8) is 0 Å². The summed E-state index contributed by atoms with van der Waals surface area (Å²) in [6.07, 6.45) is 7.40. The monoisotopic (exact) mass is 264 g/mol. The van der Waals surface area contributed by atoms with Gasteiger partial charge < -0.3 is 5.32 Å². The van der Waals surface area contributed by atoms with Gasteiger partial charge in [-0.3, -0.25) is 15.2 Å². The highest BCUT2D eigenvalue weighted by Crippen LogP contribution is 1.97.